The number of amides is 3. The topological polar surface area (TPSA) is 111 Å². The number of carbonyl (C=O) groups is 2. The molecule has 9 nitrogen and oxygen atoms in total. The van der Waals surface area contributed by atoms with Gasteiger partial charge in [-0.15, -0.1) is 6.58 Å². The Morgan fingerprint density at radius 1 is 1.21 bits per heavy atom. The highest BCUT2D eigenvalue weighted by atomic mass is 32.2. The Morgan fingerprint density at radius 2 is 1.93 bits per heavy atom. The van der Waals surface area contributed by atoms with Gasteiger partial charge in [-0.05, 0) is 25.0 Å². The van der Waals surface area contributed by atoms with E-state index in [1.165, 1.54) is 33.5 Å². The number of anilines is 1. The third-order valence-corrected chi connectivity index (χ3v) is 6.73. The lowest BCUT2D eigenvalue weighted by atomic mass is 10.2. The monoisotopic (exact) mass is 418 g/mol. The van der Waals surface area contributed by atoms with E-state index in [2.05, 4.69) is 6.58 Å². The second-order valence-electron chi connectivity index (χ2n) is 6.70. The van der Waals surface area contributed by atoms with Crippen molar-refractivity contribution in [3.63, 3.8) is 0 Å². The number of rotatable bonds is 7. The summed E-state index contributed by atoms with van der Waals surface area (Å²) < 4.78 is 32.7. The fourth-order valence-electron chi connectivity index (χ4n) is 3.40. The van der Waals surface area contributed by atoms with Crippen molar-refractivity contribution in [1.82, 2.24) is 9.21 Å². The molecule has 154 valence electrons. The van der Waals surface area contributed by atoms with E-state index >= 15 is 0 Å². The average molecular weight is 418 g/mol. The van der Waals surface area contributed by atoms with E-state index in [1.54, 1.807) is 0 Å². The molecule has 0 aromatic heterocycles. The van der Waals surface area contributed by atoms with E-state index in [0.717, 1.165) is 24.2 Å². The minimum atomic E-state index is -3.72. The summed E-state index contributed by atoms with van der Waals surface area (Å²) in [6.07, 6.45) is 4.05. The zero-order valence-electron chi connectivity index (χ0n) is 15.9. The van der Waals surface area contributed by atoms with Gasteiger partial charge in [0.2, 0.25) is 10.0 Å². The van der Waals surface area contributed by atoms with Crippen LogP contribution in [0.25, 0.3) is 0 Å². The first kappa shape index (κ1) is 20.8. The van der Waals surface area contributed by atoms with Gasteiger partial charge in [0.25, 0.3) is 5.91 Å². The van der Waals surface area contributed by atoms with E-state index in [-0.39, 0.29) is 36.0 Å². The summed E-state index contributed by atoms with van der Waals surface area (Å²) in [7, 11) is -3.72. The van der Waals surface area contributed by atoms with Crippen molar-refractivity contribution in [1.29, 1.82) is 5.26 Å². The Morgan fingerprint density at radius 3 is 2.59 bits per heavy atom. The highest BCUT2D eigenvalue weighted by Crippen LogP contribution is 2.35. The molecule has 0 unspecified atom stereocenters. The van der Waals surface area contributed by atoms with Crippen molar-refractivity contribution in [3.8, 4) is 11.8 Å². The maximum atomic E-state index is 13.0. The molecule has 2 aliphatic rings. The molecule has 10 heteroatoms. The standard InChI is InChI=1S/C19H22N4O5S/c1-2-9-22-18(24)14-23(19(22)25)16-7-6-15(13-17(16)28-12-8-20)29(26,27)21-10-4-3-5-11-21/h2,6-7,13H,1,3-5,9-12,14H2. The molecule has 0 bridgehead atoms. The van der Waals surface area contributed by atoms with Gasteiger partial charge in [0, 0.05) is 25.7 Å². The van der Waals surface area contributed by atoms with Gasteiger partial charge in [-0.2, -0.15) is 9.57 Å². The molecule has 0 atom stereocenters. The number of hydrogen-bond acceptors (Lipinski definition) is 6. The lowest BCUT2D eigenvalue weighted by Gasteiger charge is -2.26. The van der Waals surface area contributed by atoms with Crippen molar-refractivity contribution in [3.05, 3.63) is 30.9 Å². The summed E-state index contributed by atoms with van der Waals surface area (Å²) in [4.78, 5) is 27.0. The Bertz CT molecular complexity index is 963. The third-order valence-electron chi connectivity index (χ3n) is 4.84. The summed E-state index contributed by atoms with van der Waals surface area (Å²) in [5, 5.41) is 8.87. The van der Waals surface area contributed by atoms with Crippen LogP contribution in [-0.4, -0.2) is 62.3 Å². The molecule has 0 N–H and O–H groups in total. The number of imide groups is 1. The Hall–Kier alpha value is -2.90. The summed E-state index contributed by atoms with van der Waals surface area (Å²) in [6, 6.07) is 5.42. The molecule has 2 fully saturated rings. The highest BCUT2D eigenvalue weighted by Gasteiger charge is 2.38. The maximum absolute atomic E-state index is 13.0. The lowest BCUT2D eigenvalue weighted by molar-refractivity contribution is -0.124. The molecule has 1 aromatic rings. The van der Waals surface area contributed by atoms with Gasteiger partial charge in [0.1, 0.15) is 18.4 Å². The molecule has 0 saturated carbocycles. The van der Waals surface area contributed by atoms with Gasteiger partial charge < -0.3 is 4.74 Å². The van der Waals surface area contributed by atoms with Crippen molar-refractivity contribution in [2.24, 2.45) is 0 Å². The first-order valence-corrected chi connectivity index (χ1v) is 10.7. The quantitative estimate of drug-likeness (QED) is 0.492. The molecular formula is C19H22N4O5S. The molecule has 2 heterocycles. The molecule has 3 amide bonds. The van der Waals surface area contributed by atoms with Gasteiger partial charge in [-0.25, -0.2) is 13.2 Å². The Balaban J connectivity index is 1.97. The molecule has 29 heavy (non-hydrogen) atoms. The number of ether oxygens (including phenoxy) is 1. The lowest BCUT2D eigenvalue weighted by Crippen LogP contribution is -2.35. The molecule has 0 spiro atoms. The normalized spacial score (nSPS) is 18.0. The SMILES string of the molecule is C=CCN1C(=O)CN(c2ccc(S(=O)(=O)N3CCCCC3)cc2OCC#N)C1=O. The second kappa shape index (κ2) is 8.63. The van der Waals surface area contributed by atoms with Gasteiger partial charge in [-0.1, -0.05) is 12.5 Å². The van der Waals surface area contributed by atoms with Crippen molar-refractivity contribution < 1.29 is 22.7 Å². The number of carbonyl (C=O) groups excluding carboxylic acids is 2. The number of hydrogen-bond donors (Lipinski definition) is 0. The van der Waals surface area contributed by atoms with Crippen LogP contribution in [-0.2, 0) is 14.8 Å². The van der Waals surface area contributed by atoms with Crippen LogP contribution in [0.5, 0.6) is 5.75 Å². The Labute approximate surface area is 169 Å². The third kappa shape index (κ3) is 4.11. The molecule has 3 rings (SSSR count). The van der Waals surface area contributed by atoms with Gasteiger partial charge in [-0.3, -0.25) is 14.6 Å². The van der Waals surface area contributed by atoms with E-state index in [9.17, 15) is 18.0 Å². The van der Waals surface area contributed by atoms with Crippen molar-refractivity contribution in [2.45, 2.75) is 24.2 Å². The number of piperidine rings is 1. The number of nitriles is 1. The predicted molar refractivity (Wildman–Crippen MR) is 105 cm³/mol. The summed E-state index contributed by atoms with van der Waals surface area (Å²) >= 11 is 0. The molecular weight excluding hydrogens is 396 g/mol. The molecule has 1 aromatic carbocycles. The van der Waals surface area contributed by atoms with Crippen LogP contribution in [0.15, 0.2) is 35.7 Å². The van der Waals surface area contributed by atoms with Crippen molar-refractivity contribution >= 4 is 27.6 Å². The minimum absolute atomic E-state index is 0.0250. The van der Waals surface area contributed by atoms with Crippen LogP contribution in [0, 0.1) is 11.3 Å². The fraction of sp³-hybridized carbons (Fsp3) is 0.421. The maximum Gasteiger partial charge on any atom is 0.332 e. The molecule has 0 aliphatic carbocycles. The van der Waals surface area contributed by atoms with Crippen LogP contribution in [0.4, 0.5) is 10.5 Å². The van der Waals surface area contributed by atoms with E-state index in [0.29, 0.717) is 13.1 Å². The van der Waals surface area contributed by atoms with Gasteiger partial charge in [0.05, 0.1) is 10.6 Å². The van der Waals surface area contributed by atoms with E-state index in [4.69, 9.17) is 10.00 Å². The predicted octanol–water partition coefficient (Wildman–Crippen LogP) is 1.72. The van der Waals surface area contributed by atoms with Crippen molar-refractivity contribution in [2.75, 3.05) is 37.7 Å². The minimum Gasteiger partial charge on any atom is -0.477 e. The van der Waals surface area contributed by atoms with E-state index < -0.39 is 22.0 Å². The van der Waals surface area contributed by atoms with Gasteiger partial charge in [0.15, 0.2) is 6.61 Å². The largest absolute Gasteiger partial charge is 0.477 e. The zero-order valence-corrected chi connectivity index (χ0v) is 16.7. The number of nitrogens with zero attached hydrogens (tertiary/aromatic N) is 4. The number of sulfonamides is 1. The number of benzene rings is 1. The fourth-order valence-corrected chi connectivity index (χ4v) is 4.93. The van der Waals surface area contributed by atoms with Crippen LogP contribution in [0.1, 0.15) is 19.3 Å². The van der Waals surface area contributed by atoms with Crippen LogP contribution in [0.3, 0.4) is 0 Å². The molecule has 2 aliphatic heterocycles. The summed E-state index contributed by atoms with van der Waals surface area (Å²) in [5.41, 5.74) is 0.239. The van der Waals surface area contributed by atoms with E-state index in [1.807, 2.05) is 6.07 Å². The first-order chi connectivity index (χ1) is 13.9. The smallest absolute Gasteiger partial charge is 0.332 e. The zero-order chi connectivity index (χ0) is 21.0. The molecule has 0 radical (unpaired) electrons. The number of urea groups is 1. The van der Waals surface area contributed by atoms with Crippen LogP contribution < -0.4 is 9.64 Å². The van der Waals surface area contributed by atoms with Crippen LogP contribution in [0.2, 0.25) is 0 Å². The summed E-state index contributed by atoms with van der Waals surface area (Å²) in [6.45, 7) is 3.99. The average Bonchev–Trinajstić information content (AvgIpc) is 3.01. The Kier molecular flexibility index (Phi) is 6.20. The van der Waals surface area contributed by atoms with Crippen LogP contribution >= 0.6 is 0 Å². The molecule has 2 saturated heterocycles. The first-order valence-electron chi connectivity index (χ1n) is 9.27. The second-order valence-corrected chi connectivity index (χ2v) is 8.64. The highest BCUT2D eigenvalue weighted by molar-refractivity contribution is 7.89. The summed E-state index contributed by atoms with van der Waals surface area (Å²) in [5.74, 6) is -0.336. The van der Waals surface area contributed by atoms with Gasteiger partial charge >= 0.3 is 6.03 Å².